The Labute approximate surface area is 407 Å². The number of rotatable bonds is 7. The van der Waals surface area contributed by atoms with E-state index in [1.807, 2.05) is 48.5 Å². The van der Waals surface area contributed by atoms with E-state index in [0.717, 1.165) is 46.5 Å². The van der Waals surface area contributed by atoms with Gasteiger partial charge in [0.05, 0.1) is 17.6 Å². The van der Waals surface area contributed by atoms with Gasteiger partial charge in [-0.1, -0.05) is 60.7 Å². The minimum atomic E-state index is -1.06. The highest BCUT2D eigenvalue weighted by Crippen LogP contribution is 2.34. The van der Waals surface area contributed by atoms with Gasteiger partial charge in [-0.05, 0) is 110 Å². The average Bonchev–Trinajstić information content (AvgIpc) is 3.99. The van der Waals surface area contributed by atoms with Crippen molar-refractivity contribution in [2.75, 3.05) is 11.5 Å². The van der Waals surface area contributed by atoms with E-state index in [2.05, 4.69) is 31.5 Å². The SMILES string of the molecule is CC(=O)Cl.CC(=O)OCc1cc(F)c(F)cc1-c1ccc2nc(N)nc(C(=O)N3Cc4ccccc4C3)c2c1.Nc1nc(C(=O)N2Cc3ccccc3C2)c2cc(-c3cc(F)c(F)cc3CO)ccc2n1. The number of amides is 2. The molecule has 2 aliphatic heterocycles. The van der Waals surface area contributed by atoms with Crippen LogP contribution in [0.4, 0.5) is 29.5 Å². The number of ether oxygens (including phenoxy) is 1. The molecule has 0 saturated carbocycles. The third kappa shape index (κ3) is 10.8. The number of hydrogen-bond donors (Lipinski definition) is 3. The van der Waals surface area contributed by atoms with Crippen molar-refractivity contribution in [2.45, 2.75) is 53.2 Å². The lowest BCUT2D eigenvalue weighted by molar-refractivity contribution is -0.142. The minimum absolute atomic E-state index is 0.0332. The second-order valence-corrected chi connectivity index (χ2v) is 17.0. The number of benzene rings is 6. The quantitative estimate of drug-likeness (QED) is 0.0777. The standard InChI is InChI=1S/C26H20F2N4O3.C24H18F2N4O2.C2H3ClO/c1-14(33)35-13-18-9-21(27)22(28)10-19(18)15-6-7-23-20(8-15)24(31-26(29)30-23)25(34)32-11-16-4-2-3-5-17(16)12-32;25-19-8-16(12-31)17(9-20(19)26)13-5-6-21-18(7-13)22(29-24(27)28-21)23(32)30-10-14-3-1-2-4-15(14)11-30;1-2(3)4/h2-10H,11-13H2,1H3,(H2,29,30,31);1-9,31H,10-12H2,(H2,27,28,29);1H3. The van der Waals surface area contributed by atoms with Gasteiger partial charge < -0.3 is 31.1 Å². The van der Waals surface area contributed by atoms with Crippen LogP contribution < -0.4 is 11.5 Å². The van der Waals surface area contributed by atoms with Crippen molar-refractivity contribution < 1.29 is 46.6 Å². The molecular weight excluding hydrogens is 944 g/mol. The summed E-state index contributed by atoms with van der Waals surface area (Å²) in [7, 11) is 0. The summed E-state index contributed by atoms with van der Waals surface area (Å²) in [6.07, 6.45) is 0. The monoisotopic (exact) mass is 984 g/mol. The third-order valence-electron chi connectivity index (χ3n) is 11.6. The topological polar surface area (TPSA) is 208 Å². The summed E-state index contributed by atoms with van der Waals surface area (Å²) in [5.74, 6) is -5.43. The predicted octanol–water partition coefficient (Wildman–Crippen LogP) is 8.95. The fourth-order valence-electron chi connectivity index (χ4n) is 8.35. The van der Waals surface area contributed by atoms with Crippen LogP contribution in [0.5, 0.6) is 0 Å². The van der Waals surface area contributed by atoms with Gasteiger partial charge in [0.1, 0.15) is 18.0 Å². The van der Waals surface area contributed by atoms with E-state index in [-0.39, 0.29) is 58.1 Å². The molecule has 6 aromatic carbocycles. The maximum atomic E-state index is 14.2. The van der Waals surface area contributed by atoms with Crippen LogP contribution in [0.15, 0.2) is 109 Å². The molecular formula is C52H41ClF4N8O6. The van der Waals surface area contributed by atoms with Gasteiger partial charge in [-0.3, -0.25) is 19.2 Å². The molecule has 4 heterocycles. The van der Waals surface area contributed by atoms with Gasteiger partial charge in [0.15, 0.2) is 23.3 Å². The summed E-state index contributed by atoms with van der Waals surface area (Å²) < 4.78 is 60.7. The third-order valence-corrected chi connectivity index (χ3v) is 11.6. The number of aliphatic hydroxyl groups is 1. The first-order valence-corrected chi connectivity index (χ1v) is 22.1. The molecule has 0 bridgehead atoms. The molecule has 2 aliphatic rings. The summed E-state index contributed by atoms with van der Waals surface area (Å²) in [4.78, 5) is 67.6. The van der Waals surface area contributed by atoms with Crippen LogP contribution >= 0.6 is 11.6 Å². The molecule has 71 heavy (non-hydrogen) atoms. The Hall–Kier alpha value is -8.35. The lowest BCUT2D eigenvalue weighted by Crippen LogP contribution is -2.27. The van der Waals surface area contributed by atoms with Crippen LogP contribution in [0.3, 0.4) is 0 Å². The minimum Gasteiger partial charge on any atom is -0.461 e. The molecule has 5 N–H and O–H groups in total. The Balaban J connectivity index is 0.000000178. The molecule has 2 aromatic heterocycles. The number of carbonyl (C=O) groups is 4. The number of aromatic nitrogens is 4. The van der Waals surface area contributed by atoms with E-state index in [1.54, 1.807) is 46.2 Å². The predicted molar refractivity (Wildman–Crippen MR) is 257 cm³/mol. The lowest BCUT2D eigenvalue weighted by Gasteiger charge is -2.17. The molecule has 10 rings (SSSR count). The van der Waals surface area contributed by atoms with Crippen LogP contribution in [-0.2, 0) is 53.7 Å². The number of halogens is 5. The highest BCUT2D eigenvalue weighted by atomic mass is 35.5. The van der Waals surface area contributed by atoms with Crippen LogP contribution in [0.25, 0.3) is 44.1 Å². The first-order valence-electron chi connectivity index (χ1n) is 21.7. The lowest BCUT2D eigenvalue weighted by atomic mass is 9.97. The zero-order valence-electron chi connectivity index (χ0n) is 37.9. The van der Waals surface area contributed by atoms with Gasteiger partial charge in [-0.2, -0.15) is 0 Å². The molecule has 14 nitrogen and oxygen atoms in total. The summed E-state index contributed by atoms with van der Waals surface area (Å²) in [6.45, 7) is 3.60. The van der Waals surface area contributed by atoms with Gasteiger partial charge in [-0.25, -0.2) is 37.5 Å². The number of nitrogens with zero attached hydrogens (tertiary/aromatic N) is 6. The van der Waals surface area contributed by atoms with Gasteiger partial charge in [0.2, 0.25) is 17.1 Å². The molecule has 0 aliphatic carbocycles. The van der Waals surface area contributed by atoms with E-state index >= 15 is 0 Å². The first kappa shape index (κ1) is 49.1. The first-order chi connectivity index (χ1) is 34.0. The zero-order valence-corrected chi connectivity index (χ0v) is 38.6. The highest BCUT2D eigenvalue weighted by molar-refractivity contribution is 6.62. The number of esters is 1. The van der Waals surface area contributed by atoms with Crippen molar-refractivity contribution in [1.29, 1.82) is 0 Å². The highest BCUT2D eigenvalue weighted by Gasteiger charge is 2.29. The largest absolute Gasteiger partial charge is 0.461 e. The molecule has 0 spiro atoms. The average molecular weight is 985 g/mol. The fraction of sp³-hybridized carbons (Fsp3) is 0.154. The van der Waals surface area contributed by atoms with Crippen molar-refractivity contribution in [3.8, 4) is 22.3 Å². The molecule has 360 valence electrons. The van der Waals surface area contributed by atoms with E-state index in [4.69, 9.17) is 16.2 Å². The van der Waals surface area contributed by atoms with E-state index in [0.29, 0.717) is 70.2 Å². The maximum Gasteiger partial charge on any atom is 0.302 e. The zero-order chi connectivity index (χ0) is 50.7. The van der Waals surface area contributed by atoms with E-state index in [1.165, 1.54) is 13.8 Å². The van der Waals surface area contributed by atoms with E-state index in [9.17, 15) is 41.8 Å². The van der Waals surface area contributed by atoms with Crippen LogP contribution in [0.2, 0.25) is 0 Å². The Bertz CT molecular complexity index is 3400. The Kier molecular flexibility index (Phi) is 14.3. The van der Waals surface area contributed by atoms with Gasteiger partial charge in [0, 0.05) is 56.4 Å². The molecule has 0 saturated heterocycles. The summed E-state index contributed by atoms with van der Waals surface area (Å²) in [5, 5.41) is 10.1. The van der Waals surface area contributed by atoms with Crippen molar-refractivity contribution in [3.05, 3.63) is 177 Å². The molecule has 0 radical (unpaired) electrons. The fourth-order valence-corrected chi connectivity index (χ4v) is 8.35. The van der Waals surface area contributed by atoms with Gasteiger partial charge in [0.25, 0.3) is 11.8 Å². The molecule has 0 atom stereocenters. The van der Waals surface area contributed by atoms with Crippen molar-refractivity contribution in [1.82, 2.24) is 29.7 Å². The second kappa shape index (κ2) is 20.7. The van der Waals surface area contributed by atoms with Gasteiger partial charge in [-0.15, -0.1) is 0 Å². The normalized spacial score (nSPS) is 12.4. The Morgan fingerprint density at radius 1 is 0.577 bits per heavy atom. The summed E-state index contributed by atoms with van der Waals surface area (Å²) >= 11 is 4.64. The number of fused-ring (bicyclic) bond motifs is 4. The maximum absolute atomic E-state index is 14.2. The molecule has 0 unspecified atom stereocenters. The summed E-state index contributed by atoms with van der Waals surface area (Å²) in [6, 6.07) is 29.5. The number of carbonyl (C=O) groups excluding carboxylic acids is 4. The number of aliphatic hydroxyl groups excluding tert-OH is 1. The molecule has 8 aromatic rings. The molecule has 0 fully saturated rings. The smallest absolute Gasteiger partial charge is 0.302 e. The Morgan fingerprint density at radius 2 is 0.944 bits per heavy atom. The van der Waals surface area contributed by atoms with Crippen LogP contribution in [-0.4, -0.2) is 57.9 Å². The van der Waals surface area contributed by atoms with Crippen LogP contribution in [0, 0.1) is 23.3 Å². The Morgan fingerprint density at radius 3 is 1.32 bits per heavy atom. The number of nitrogens with two attached hydrogens (primary N) is 2. The van der Waals surface area contributed by atoms with Crippen molar-refractivity contribution >= 4 is 68.3 Å². The van der Waals surface area contributed by atoms with Crippen LogP contribution in [0.1, 0.15) is 68.2 Å². The number of anilines is 2. The molecule has 2 amide bonds. The second-order valence-electron chi connectivity index (χ2n) is 16.4. The van der Waals surface area contributed by atoms with E-state index < -0.39 is 35.8 Å². The molecule has 19 heteroatoms. The van der Waals surface area contributed by atoms with Gasteiger partial charge >= 0.3 is 5.97 Å². The number of hydrogen-bond acceptors (Lipinski definition) is 12. The van der Waals surface area contributed by atoms with Crippen molar-refractivity contribution in [3.63, 3.8) is 0 Å². The van der Waals surface area contributed by atoms with Crippen molar-refractivity contribution in [2.24, 2.45) is 0 Å². The summed E-state index contributed by atoms with van der Waals surface area (Å²) in [5.41, 5.74) is 19.3. The number of nitrogen functional groups attached to an aromatic ring is 2.